The molecule has 2 nitrogen and oxygen atoms in total. The van der Waals surface area contributed by atoms with Crippen LogP contribution >= 0.6 is 0 Å². The number of para-hydroxylation sites is 1. The summed E-state index contributed by atoms with van der Waals surface area (Å²) < 4.78 is 0. The number of aldehydes is 1. The normalized spacial score (nSPS) is 19.7. The SMILES string of the molecule is C\C(C=O)=C/C=C/C=C1\N(C)c2ccccc2C1(C)C. The molecular weight excluding hydrogens is 246 g/mol. The van der Waals surface area contributed by atoms with Gasteiger partial charge in [-0.25, -0.2) is 0 Å². The Bertz CT molecular complexity index is 606. The molecule has 0 amide bonds. The first-order valence-corrected chi connectivity index (χ1v) is 6.82. The molecule has 0 saturated carbocycles. The van der Waals surface area contributed by atoms with Crippen LogP contribution in [0.1, 0.15) is 26.3 Å². The van der Waals surface area contributed by atoms with E-state index >= 15 is 0 Å². The topological polar surface area (TPSA) is 20.3 Å². The first-order chi connectivity index (χ1) is 9.48. The number of allylic oxidation sites excluding steroid dienone is 6. The second-order valence-electron chi connectivity index (χ2n) is 5.67. The molecule has 0 atom stereocenters. The highest BCUT2D eigenvalue weighted by atomic mass is 16.1. The van der Waals surface area contributed by atoms with Crippen LogP contribution < -0.4 is 4.90 Å². The summed E-state index contributed by atoms with van der Waals surface area (Å²) in [6.07, 6.45) is 8.70. The smallest absolute Gasteiger partial charge is 0.145 e. The van der Waals surface area contributed by atoms with Gasteiger partial charge in [-0.1, -0.05) is 50.3 Å². The Labute approximate surface area is 121 Å². The average molecular weight is 267 g/mol. The number of benzene rings is 1. The lowest BCUT2D eigenvalue weighted by atomic mass is 9.84. The molecule has 1 heterocycles. The maximum atomic E-state index is 10.5. The Hall–Kier alpha value is -2.09. The monoisotopic (exact) mass is 267 g/mol. The van der Waals surface area contributed by atoms with Crippen LogP contribution in [0.5, 0.6) is 0 Å². The van der Waals surface area contributed by atoms with Crippen molar-refractivity contribution in [1.82, 2.24) is 0 Å². The molecule has 0 unspecified atom stereocenters. The van der Waals surface area contributed by atoms with Gasteiger partial charge in [0, 0.05) is 23.8 Å². The van der Waals surface area contributed by atoms with Gasteiger partial charge >= 0.3 is 0 Å². The highest BCUT2D eigenvalue weighted by Gasteiger charge is 2.37. The summed E-state index contributed by atoms with van der Waals surface area (Å²) in [6.45, 7) is 6.27. The molecule has 20 heavy (non-hydrogen) atoms. The van der Waals surface area contributed by atoms with Crippen LogP contribution in [0.4, 0.5) is 5.69 Å². The van der Waals surface area contributed by atoms with Crippen molar-refractivity contribution in [2.75, 3.05) is 11.9 Å². The summed E-state index contributed by atoms with van der Waals surface area (Å²) in [6, 6.07) is 8.49. The third-order valence-corrected chi connectivity index (χ3v) is 3.85. The molecule has 0 fully saturated rings. The van der Waals surface area contributed by atoms with Gasteiger partial charge in [0.25, 0.3) is 0 Å². The van der Waals surface area contributed by atoms with Crippen molar-refractivity contribution in [3.63, 3.8) is 0 Å². The Kier molecular flexibility index (Phi) is 3.93. The fourth-order valence-electron chi connectivity index (χ4n) is 2.70. The molecule has 0 saturated heterocycles. The van der Waals surface area contributed by atoms with Crippen molar-refractivity contribution in [3.8, 4) is 0 Å². The highest BCUT2D eigenvalue weighted by Crippen LogP contribution is 2.46. The zero-order valence-corrected chi connectivity index (χ0v) is 12.6. The van der Waals surface area contributed by atoms with Crippen LogP contribution in [0.15, 0.2) is 59.8 Å². The Morgan fingerprint density at radius 2 is 1.90 bits per heavy atom. The number of carbonyl (C=O) groups excluding carboxylic acids is 1. The number of nitrogens with zero attached hydrogens (tertiary/aromatic N) is 1. The standard InChI is InChI=1S/C18H21NO/c1-14(13-20)9-5-8-12-17-18(2,3)15-10-6-7-11-16(15)19(17)4/h5-13H,1-4H3/b8-5+,14-9+,17-12-. The predicted octanol–water partition coefficient (Wildman–Crippen LogP) is 4.00. The lowest BCUT2D eigenvalue weighted by Crippen LogP contribution is -2.22. The van der Waals surface area contributed by atoms with Gasteiger partial charge in [0.05, 0.1) is 0 Å². The maximum absolute atomic E-state index is 10.5. The summed E-state index contributed by atoms with van der Waals surface area (Å²) >= 11 is 0. The molecule has 1 aromatic rings. The molecule has 0 spiro atoms. The minimum atomic E-state index is -0.000892. The number of hydrogen-bond donors (Lipinski definition) is 0. The van der Waals surface area contributed by atoms with E-state index in [0.29, 0.717) is 0 Å². The lowest BCUT2D eigenvalue weighted by Gasteiger charge is -2.23. The van der Waals surface area contributed by atoms with Crippen molar-refractivity contribution in [1.29, 1.82) is 0 Å². The van der Waals surface area contributed by atoms with E-state index in [9.17, 15) is 4.79 Å². The van der Waals surface area contributed by atoms with Crippen LogP contribution in [0.3, 0.4) is 0 Å². The summed E-state index contributed by atoms with van der Waals surface area (Å²) in [5.41, 5.74) is 4.59. The molecule has 0 radical (unpaired) electrons. The second kappa shape index (κ2) is 5.49. The number of likely N-dealkylation sites (N-methyl/N-ethyl adjacent to an activating group) is 1. The van der Waals surface area contributed by atoms with Crippen LogP contribution in [0.2, 0.25) is 0 Å². The van der Waals surface area contributed by atoms with Crippen molar-refractivity contribution in [2.45, 2.75) is 26.2 Å². The van der Waals surface area contributed by atoms with E-state index in [2.05, 4.69) is 56.1 Å². The largest absolute Gasteiger partial charge is 0.347 e. The van der Waals surface area contributed by atoms with Crippen molar-refractivity contribution >= 4 is 12.0 Å². The molecule has 104 valence electrons. The Balaban J connectivity index is 2.33. The molecule has 0 N–H and O–H groups in total. The highest BCUT2D eigenvalue weighted by molar-refractivity contribution is 5.73. The molecule has 0 bridgehead atoms. The molecule has 1 aliphatic heterocycles. The number of anilines is 1. The van der Waals surface area contributed by atoms with Crippen molar-refractivity contribution in [3.05, 3.63) is 65.4 Å². The van der Waals surface area contributed by atoms with Gasteiger partial charge in [-0.15, -0.1) is 0 Å². The first kappa shape index (κ1) is 14.3. The van der Waals surface area contributed by atoms with Crippen LogP contribution in [-0.4, -0.2) is 13.3 Å². The van der Waals surface area contributed by atoms with Gasteiger partial charge in [-0.05, 0) is 30.2 Å². The van der Waals surface area contributed by atoms with Gasteiger partial charge in [0.1, 0.15) is 6.29 Å². The van der Waals surface area contributed by atoms with E-state index in [0.717, 1.165) is 11.9 Å². The Morgan fingerprint density at radius 1 is 1.20 bits per heavy atom. The minimum Gasteiger partial charge on any atom is -0.347 e. The zero-order valence-electron chi connectivity index (χ0n) is 12.6. The summed E-state index contributed by atoms with van der Waals surface area (Å²) in [4.78, 5) is 12.8. The van der Waals surface area contributed by atoms with E-state index in [-0.39, 0.29) is 5.41 Å². The fraction of sp³-hybridized carbons (Fsp3) is 0.278. The maximum Gasteiger partial charge on any atom is 0.145 e. The van der Waals surface area contributed by atoms with E-state index in [1.54, 1.807) is 6.92 Å². The molecule has 1 aromatic carbocycles. The number of fused-ring (bicyclic) bond motifs is 1. The van der Waals surface area contributed by atoms with E-state index in [1.165, 1.54) is 16.9 Å². The molecular formula is C18H21NO. The van der Waals surface area contributed by atoms with Crippen molar-refractivity contribution in [2.24, 2.45) is 0 Å². The van der Waals surface area contributed by atoms with Gasteiger partial charge in [-0.3, -0.25) is 4.79 Å². The van der Waals surface area contributed by atoms with E-state index < -0.39 is 0 Å². The van der Waals surface area contributed by atoms with Crippen LogP contribution in [0, 0.1) is 0 Å². The van der Waals surface area contributed by atoms with Crippen LogP contribution in [-0.2, 0) is 10.2 Å². The van der Waals surface area contributed by atoms with Gasteiger partial charge in [-0.2, -0.15) is 0 Å². The predicted molar refractivity (Wildman–Crippen MR) is 84.9 cm³/mol. The summed E-state index contributed by atoms with van der Waals surface area (Å²) in [5, 5.41) is 0. The third-order valence-electron chi connectivity index (χ3n) is 3.85. The van der Waals surface area contributed by atoms with Gasteiger partial charge in [0.2, 0.25) is 0 Å². The first-order valence-electron chi connectivity index (χ1n) is 6.82. The number of rotatable bonds is 3. The fourth-order valence-corrected chi connectivity index (χ4v) is 2.70. The minimum absolute atomic E-state index is 0.000892. The Morgan fingerprint density at radius 3 is 2.55 bits per heavy atom. The number of hydrogen-bond acceptors (Lipinski definition) is 2. The molecule has 2 rings (SSSR count). The average Bonchev–Trinajstić information content (AvgIpc) is 2.64. The summed E-state index contributed by atoms with van der Waals surface area (Å²) in [7, 11) is 2.10. The third kappa shape index (κ3) is 2.46. The van der Waals surface area contributed by atoms with Crippen molar-refractivity contribution < 1.29 is 4.79 Å². The quantitative estimate of drug-likeness (QED) is 0.469. The molecule has 0 aliphatic carbocycles. The summed E-state index contributed by atoms with van der Waals surface area (Å²) in [5.74, 6) is 0. The van der Waals surface area contributed by atoms with Gasteiger partial charge < -0.3 is 4.90 Å². The lowest BCUT2D eigenvalue weighted by molar-refractivity contribution is -0.104. The van der Waals surface area contributed by atoms with Crippen LogP contribution in [0.25, 0.3) is 0 Å². The molecule has 1 aliphatic rings. The van der Waals surface area contributed by atoms with E-state index in [4.69, 9.17) is 0 Å². The molecule has 2 heteroatoms. The second-order valence-corrected chi connectivity index (χ2v) is 5.67. The van der Waals surface area contributed by atoms with E-state index in [1.807, 2.05) is 18.2 Å². The van der Waals surface area contributed by atoms with Gasteiger partial charge in [0.15, 0.2) is 0 Å². The number of carbonyl (C=O) groups is 1. The zero-order chi connectivity index (χ0) is 14.8. The molecule has 0 aromatic heterocycles.